The van der Waals surface area contributed by atoms with E-state index in [-0.39, 0.29) is 22.7 Å². The second kappa shape index (κ2) is 5.76. The number of para-hydroxylation sites is 1. The summed E-state index contributed by atoms with van der Waals surface area (Å²) in [5, 5.41) is 0.679. The highest BCUT2D eigenvalue weighted by molar-refractivity contribution is 9.10. The van der Waals surface area contributed by atoms with Gasteiger partial charge in [0.25, 0.3) is 5.91 Å². The Morgan fingerprint density at radius 2 is 1.96 bits per heavy atom. The molecule has 0 saturated heterocycles. The van der Waals surface area contributed by atoms with Gasteiger partial charge in [-0.15, -0.1) is 0 Å². The fraction of sp³-hybridized carbons (Fsp3) is 0.111. The lowest BCUT2D eigenvalue weighted by atomic mass is 10.1. The first-order valence-electron chi connectivity index (χ1n) is 7.32. The van der Waals surface area contributed by atoms with Gasteiger partial charge in [-0.3, -0.25) is 9.59 Å². The normalized spacial score (nSPS) is 13.3. The number of amides is 1. The monoisotopic (exact) mass is 403 g/mol. The van der Waals surface area contributed by atoms with Crippen molar-refractivity contribution in [2.24, 2.45) is 0 Å². The number of hydrogen-bond donors (Lipinski definition) is 0. The first-order chi connectivity index (χ1) is 11.5. The number of benzene rings is 2. The van der Waals surface area contributed by atoms with Gasteiger partial charge in [0.1, 0.15) is 0 Å². The third-order valence-electron chi connectivity index (χ3n) is 4.13. The van der Waals surface area contributed by atoms with Crippen LogP contribution in [0.5, 0.6) is 0 Å². The van der Waals surface area contributed by atoms with Gasteiger partial charge in [0.2, 0.25) is 0 Å². The van der Waals surface area contributed by atoms with Crippen molar-refractivity contribution in [2.45, 2.75) is 13.1 Å². The van der Waals surface area contributed by atoms with E-state index in [4.69, 9.17) is 16.0 Å². The molecule has 1 aromatic heterocycles. The highest BCUT2D eigenvalue weighted by atomic mass is 79.9. The predicted molar refractivity (Wildman–Crippen MR) is 95.2 cm³/mol. The lowest BCUT2D eigenvalue weighted by Crippen LogP contribution is -2.26. The zero-order valence-corrected chi connectivity index (χ0v) is 14.7. The zero-order chi connectivity index (χ0) is 16.8. The summed E-state index contributed by atoms with van der Waals surface area (Å²) in [6.07, 6.45) is 0. The number of carbonyl (C=O) groups is 1. The first kappa shape index (κ1) is 15.4. The van der Waals surface area contributed by atoms with E-state index in [2.05, 4.69) is 15.9 Å². The molecule has 0 saturated carbocycles. The molecule has 1 aliphatic heterocycles. The van der Waals surface area contributed by atoms with E-state index in [1.54, 1.807) is 23.1 Å². The highest BCUT2D eigenvalue weighted by Gasteiger charge is 2.27. The summed E-state index contributed by atoms with van der Waals surface area (Å²) in [6, 6.07) is 12.0. The van der Waals surface area contributed by atoms with E-state index in [0.717, 1.165) is 15.6 Å². The summed E-state index contributed by atoms with van der Waals surface area (Å²) in [5.74, 6) is -0.318. The maximum absolute atomic E-state index is 12.8. The quantitative estimate of drug-likeness (QED) is 0.605. The van der Waals surface area contributed by atoms with Crippen molar-refractivity contribution >= 4 is 44.4 Å². The van der Waals surface area contributed by atoms with Crippen LogP contribution < -0.4 is 5.43 Å². The third-order valence-corrected chi connectivity index (χ3v) is 5.17. The van der Waals surface area contributed by atoms with Gasteiger partial charge in [0.05, 0.1) is 10.4 Å². The fourth-order valence-corrected chi connectivity index (χ4v) is 3.67. The van der Waals surface area contributed by atoms with Gasteiger partial charge in [0, 0.05) is 23.6 Å². The summed E-state index contributed by atoms with van der Waals surface area (Å²) in [6.45, 7) is 0.956. The highest BCUT2D eigenvalue weighted by Crippen LogP contribution is 2.30. The van der Waals surface area contributed by atoms with Gasteiger partial charge in [-0.25, -0.2) is 0 Å². The molecule has 0 N–H and O–H groups in total. The number of nitrogens with zero attached hydrogens (tertiary/aromatic N) is 1. The first-order valence-corrected chi connectivity index (χ1v) is 8.49. The number of rotatable bonds is 1. The average molecular weight is 405 g/mol. The fourth-order valence-electron chi connectivity index (χ4n) is 2.93. The molecule has 4 rings (SSSR count). The van der Waals surface area contributed by atoms with Crippen LogP contribution in [0.2, 0.25) is 5.02 Å². The van der Waals surface area contributed by atoms with E-state index < -0.39 is 0 Å². The summed E-state index contributed by atoms with van der Waals surface area (Å²) in [4.78, 5) is 26.7. The van der Waals surface area contributed by atoms with Crippen LogP contribution in [0.3, 0.4) is 0 Å². The van der Waals surface area contributed by atoms with Crippen LogP contribution in [-0.2, 0) is 13.1 Å². The number of hydrogen-bond acceptors (Lipinski definition) is 3. The molecule has 0 aliphatic carbocycles. The Labute approximate surface area is 150 Å². The summed E-state index contributed by atoms with van der Waals surface area (Å²) >= 11 is 9.60. The molecule has 1 aliphatic rings. The van der Waals surface area contributed by atoms with E-state index in [0.29, 0.717) is 23.5 Å². The molecule has 0 atom stereocenters. The van der Waals surface area contributed by atoms with Gasteiger partial charge in [-0.05, 0) is 29.3 Å². The topological polar surface area (TPSA) is 50.5 Å². The number of carbonyl (C=O) groups excluding carboxylic acids is 1. The van der Waals surface area contributed by atoms with E-state index in [9.17, 15) is 9.59 Å². The van der Waals surface area contributed by atoms with Crippen molar-refractivity contribution in [3.63, 3.8) is 0 Å². The van der Waals surface area contributed by atoms with Gasteiger partial charge >= 0.3 is 0 Å². The van der Waals surface area contributed by atoms with Crippen molar-refractivity contribution in [3.8, 4) is 0 Å². The smallest absolute Gasteiger partial charge is 0.290 e. The molecule has 0 unspecified atom stereocenters. The minimum atomic E-state index is -0.322. The number of halogens is 2. The molecule has 120 valence electrons. The minimum Gasteiger partial charge on any atom is -0.449 e. The molecule has 1 amide bonds. The van der Waals surface area contributed by atoms with Crippen LogP contribution in [0, 0.1) is 0 Å². The van der Waals surface area contributed by atoms with Crippen LogP contribution in [0.15, 0.2) is 56.1 Å². The Morgan fingerprint density at radius 3 is 2.75 bits per heavy atom. The molecule has 0 spiro atoms. The van der Waals surface area contributed by atoms with Crippen LogP contribution in [0.25, 0.3) is 11.0 Å². The molecule has 4 nitrogen and oxygen atoms in total. The Bertz CT molecular complexity index is 1040. The second-order valence-electron chi connectivity index (χ2n) is 5.63. The zero-order valence-electron chi connectivity index (χ0n) is 12.4. The largest absolute Gasteiger partial charge is 0.449 e. The van der Waals surface area contributed by atoms with E-state index >= 15 is 0 Å². The maximum atomic E-state index is 12.8. The second-order valence-corrected chi connectivity index (χ2v) is 6.89. The maximum Gasteiger partial charge on any atom is 0.290 e. The van der Waals surface area contributed by atoms with Crippen molar-refractivity contribution in [1.29, 1.82) is 0 Å². The lowest BCUT2D eigenvalue weighted by molar-refractivity contribution is 0.0719. The van der Waals surface area contributed by atoms with E-state index in [1.807, 2.05) is 18.2 Å². The minimum absolute atomic E-state index is 0.00419. The summed E-state index contributed by atoms with van der Waals surface area (Å²) in [5.41, 5.74) is 2.12. The summed E-state index contributed by atoms with van der Waals surface area (Å²) in [7, 11) is 0. The third kappa shape index (κ3) is 2.44. The van der Waals surface area contributed by atoms with Crippen molar-refractivity contribution in [3.05, 3.63) is 79.1 Å². The van der Waals surface area contributed by atoms with Gasteiger partial charge < -0.3 is 9.32 Å². The summed E-state index contributed by atoms with van der Waals surface area (Å²) < 4.78 is 6.61. The van der Waals surface area contributed by atoms with Crippen LogP contribution in [0.1, 0.15) is 21.7 Å². The van der Waals surface area contributed by atoms with E-state index in [1.165, 1.54) is 6.07 Å². The predicted octanol–water partition coefficient (Wildman–Crippen LogP) is 4.36. The molecule has 0 bridgehead atoms. The number of fused-ring (bicyclic) bond motifs is 2. The Hall–Kier alpha value is -2.11. The van der Waals surface area contributed by atoms with Crippen molar-refractivity contribution in [2.75, 3.05) is 0 Å². The van der Waals surface area contributed by atoms with Gasteiger partial charge in [0.15, 0.2) is 16.8 Å². The van der Waals surface area contributed by atoms with Gasteiger partial charge in [-0.2, -0.15) is 0 Å². The van der Waals surface area contributed by atoms with Crippen molar-refractivity contribution < 1.29 is 9.21 Å². The SMILES string of the molecule is O=C(c1cc(=O)c2cccc(Cl)c2o1)N1Cc2cccc(Br)c2C1. The van der Waals surface area contributed by atoms with Crippen LogP contribution in [0.4, 0.5) is 0 Å². The van der Waals surface area contributed by atoms with Crippen molar-refractivity contribution in [1.82, 2.24) is 4.90 Å². The average Bonchev–Trinajstić information content (AvgIpc) is 3.00. The molecule has 0 fully saturated rings. The Balaban J connectivity index is 1.74. The van der Waals surface area contributed by atoms with Crippen LogP contribution in [-0.4, -0.2) is 10.8 Å². The molecule has 24 heavy (non-hydrogen) atoms. The van der Waals surface area contributed by atoms with Crippen LogP contribution >= 0.6 is 27.5 Å². The Kier molecular flexibility index (Phi) is 3.70. The van der Waals surface area contributed by atoms with Gasteiger partial charge in [-0.1, -0.05) is 45.7 Å². The standard InChI is InChI=1S/C18H11BrClNO3/c19-13-5-1-3-10-8-21(9-12(10)13)18(23)16-7-15(22)11-4-2-6-14(20)17(11)24-16/h1-7H,8-9H2. The molecule has 6 heteroatoms. The molecule has 2 aromatic carbocycles. The molecule has 0 radical (unpaired) electrons. The molecular formula is C18H11BrClNO3. The molecule has 3 aromatic rings. The molecule has 2 heterocycles. The Morgan fingerprint density at radius 1 is 1.17 bits per heavy atom. The molecular weight excluding hydrogens is 394 g/mol. The lowest BCUT2D eigenvalue weighted by Gasteiger charge is -2.14.